The first kappa shape index (κ1) is 16.8. The molecule has 2 atom stereocenters. The van der Waals surface area contributed by atoms with Crippen LogP contribution in [-0.4, -0.2) is 51.2 Å². The van der Waals surface area contributed by atoms with Crippen molar-refractivity contribution in [1.29, 1.82) is 0 Å². The zero-order valence-corrected chi connectivity index (χ0v) is 15.1. The molecule has 0 N–H and O–H groups in total. The largest absolute Gasteiger partial charge is 0.338 e. The van der Waals surface area contributed by atoms with Crippen LogP contribution in [0.5, 0.6) is 0 Å². The lowest BCUT2D eigenvalue weighted by molar-refractivity contribution is -0.139. The monoisotopic (exact) mass is 344 g/mol. The van der Waals surface area contributed by atoms with Crippen LogP contribution >= 0.6 is 0 Å². The van der Waals surface area contributed by atoms with Gasteiger partial charge in [-0.05, 0) is 37.2 Å². The van der Waals surface area contributed by atoms with E-state index in [1.165, 1.54) is 36.8 Å². The van der Waals surface area contributed by atoms with E-state index in [-0.39, 0.29) is 11.5 Å². The maximum atomic E-state index is 13.0. The normalized spacial score (nSPS) is 26.8. The standard InChI is InChI=1S/C19H28N4O2/c1-21-18(24)11-15-12-22(10-8-16(15)20-21)13-19(25)23-9-4-6-14-5-2-3-7-17(14)23/h11,14,17H,2-10,12-13H2,1H3/t14-,17-/m1/s1. The molecular formula is C19H28N4O2. The summed E-state index contributed by atoms with van der Waals surface area (Å²) in [6, 6.07) is 2.15. The number of hydrogen-bond acceptors (Lipinski definition) is 4. The first-order valence-corrected chi connectivity index (χ1v) is 9.70. The Balaban J connectivity index is 1.42. The fraction of sp³-hybridized carbons (Fsp3) is 0.737. The van der Waals surface area contributed by atoms with Gasteiger partial charge in [0.1, 0.15) is 0 Å². The first-order chi connectivity index (χ1) is 12.1. The third-order valence-corrected chi connectivity index (χ3v) is 6.24. The average molecular weight is 344 g/mol. The summed E-state index contributed by atoms with van der Waals surface area (Å²) in [5, 5.41) is 4.35. The molecule has 1 amide bonds. The quantitative estimate of drug-likeness (QED) is 0.812. The second kappa shape index (κ2) is 6.90. The van der Waals surface area contributed by atoms with Gasteiger partial charge in [-0.15, -0.1) is 0 Å². The molecule has 25 heavy (non-hydrogen) atoms. The van der Waals surface area contributed by atoms with Gasteiger partial charge in [0.15, 0.2) is 0 Å². The number of carbonyl (C=O) groups excluding carboxylic acids is 1. The van der Waals surface area contributed by atoms with E-state index in [0.717, 1.165) is 43.1 Å². The third kappa shape index (κ3) is 3.36. The van der Waals surface area contributed by atoms with Crippen LogP contribution in [0.15, 0.2) is 10.9 Å². The minimum atomic E-state index is -0.0759. The molecule has 2 aliphatic heterocycles. The van der Waals surface area contributed by atoms with Crippen molar-refractivity contribution < 1.29 is 4.79 Å². The Labute approximate surface area is 148 Å². The van der Waals surface area contributed by atoms with Gasteiger partial charge in [-0.3, -0.25) is 14.5 Å². The molecule has 6 nitrogen and oxygen atoms in total. The maximum absolute atomic E-state index is 13.0. The number of piperidine rings is 1. The predicted octanol–water partition coefficient (Wildman–Crippen LogP) is 1.32. The number of amides is 1. The van der Waals surface area contributed by atoms with Gasteiger partial charge in [0.05, 0.1) is 12.2 Å². The molecule has 3 aliphatic rings. The van der Waals surface area contributed by atoms with E-state index in [9.17, 15) is 9.59 Å². The molecule has 1 saturated heterocycles. The highest BCUT2D eigenvalue weighted by atomic mass is 16.2. The topological polar surface area (TPSA) is 58.4 Å². The number of rotatable bonds is 2. The minimum Gasteiger partial charge on any atom is -0.338 e. The molecule has 0 unspecified atom stereocenters. The summed E-state index contributed by atoms with van der Waals surface area (Å²) in [5.41, 5.74) is 1.90. The van der Waals surface area contributed by atoms with E-state index in [1.807, 2.05) is 0 Å². The highest BCUT2D eigenvalue weighted by Crippen LogP contribution is 2.35. The number of fused-ring (bicyclic) bond motifs is 2. The fourth-order valence-electron chi connectivity index (χ4n) is 4.90. The average Bonchev–Trinajstić information content (AvgIpc) is 2.62. The maximum Gasteiger partial charge on any atom is 0.266 e. The smallest absolute Gasteiger partial charge is 0.266 e. The van der Waals surface area contributed by atoms with Crippen molar-refractivity contribution in [1.82, 2.24) is 19.6 Å². The highest BCUT2D eigenvalue weighted by molar-refractivity contribution is 5.78. The lowest BCUT2D eigenvalue weighted by Gasteiger charge is -2.44. The van der Waals surface area contributed by atoms with Crippen molar-refractivity contribution in [2.45, 2.75) is 57.5 Å². The van der Waals surface area contributed by atoms with Crippen molar-refractivity contribution >= 4 is 5.91 Å². The molecule has 1 saturated carbocycles. The second-order valence-corrected chi connectivity index (χ2v) is 7.88. The fourth-order valence-corrected chi connectivity index (χ4v) is 4.90. The van der Waals surface area contributed by atoms with Crippen molar-refractivity contribution in [2.75, 3.05) is 19.6 Å². The van der Waals surface area contributed by atoms with E-state index in [2.05, 4.69) is 14.9 Å². The number of nitrogens with zero attached hydrogens (tertiary/aromatic N) is 4. The number of carbonyl (C=O) groups is 1. The summed E-state index contributed by atoms with van der Waals surface area (Å²) < 4.78 is 1.40. The summed E-state index contributed by atoms with van der Waals surface area (Å²) in [6.45, 7) is 2.89. The Morgan fingerprint density at radius 3 is 2.88 bits per heavy atom. The number of hydrogen-bond donors (Lipinski definition) is 0. The summed E-state index contributed by atoms with van der Waals surface area (Å²) in [6.07, 6.45) is 8.31. The van der Waals surface area contributed by atoms with Crippen LogP contribution < -0.4 is 5.56 Å². The van der Waals surface area contributed by atoms with Gasteiger partial charge >= 0.3 is 0 Å². The zero-order valence-electron chi connectivity index (χ0n) is 15.1. The lowest BCUT2D eigenvalue weighted by Crippen LogP contribution is -2.52. The van der Waals surface area contributed by atoms with Gasteiger partial charge in [-0.2, -0.15) is 5.10 Å². The van der Waals surface area contributed by atoms with Crippen LogP contribution in [0, 0.1) is 5.92 Å². The Morgan fingerprint density at radius 1 is 1.20 bits per heavy atom. The van der Waals surface area contributed by atoms with Crippen molar-refractivity contribution in [3.05, 3.63) is 27.7 Å². The predicted molar refractivity (Wildman–Crippen MR) is 95.2 cm³/mol. The molecule has 3 heterocycles. The molecule has 0 bridgehead atoms. The molecule has 0 radical (unpaired) electrons. The van der Waals surface area contributed by atoms with Crippen LogP contribution in [-0.2, 0) is 24.8 Å². The van der Waals surface area contributed by atoms with Crippen LogP contribution in [0.3, 0.4) is 0 Å². The summed E-state index contributed by atoms with van der Waals surface area (Å²) in [4.78, 5) is 29.1. The Bertz CT molecular complexity index is 712. The molecule has 2 fully saturated rings. The summed E-state index contributed by atoms with van der Waals surface area (Å²) in [5.74, 6) is 0.998. The number of aryl methyl sites for hydroxylation is 1. The summed E-state index contributed by atoms with van der Waals surface area (Å²) >= 11 is 0. The van der Waals surface area contributed by atoms with Crippen LogP contribution in [0.2, 0.25) is 0 Å². The van der Waals surface area contributed by atoms with Gasteiger partial charge in [0.25, 0.3) is 5.56 Å². The van der Waals surface area contributed by atoms with Gasteiger partial charge in [-0.1, -0.05) is 12.8 Å². The molecule has 6 heteroatoms. The van der Waals surface area contributed by atoms with Crippen LogP contribution in [0.25, 0.3) is 0 Å². The highest BCUT2D eigenvalue weighted by Gasteiger charge is 2.36. The van der Waals surface area contributed by atoms with Gasteiger partial charge in [0.2, 0.25) is 5.91 Å². The molecule has 0 spiro atoms. The van der Waals surface area contributed by atoms with E-state index >= 15 is 0 Å². The Kier molecular flexibility index (Phi) is 4.63. The molecular weight excluding hydrogens is 316 g/mol. The minimum absolute atomic E-state index is 0.0759. The van der Waals surface area contributed by atoms with E-state index < -0.39 is 0 Å². The van der Waals surface area contributed by atoms with E-state index in [0.29, 0.717) is 19.1 Å². The van der Waals surface area contributed by atoms with E-state index in [4.69, 9.17) is 0 Å². The Morgan fingerprint density at radius 2 is 2.00 bits per heavy atom. The van der Waals surface area contributed by atoms with E-state index in [1.54, 1.807) is 13.1 Å². The van der Waals surface area contributed by atoms with Gasteiger partial charge < -0.3 is 4.90 Å². The Hall–Kier alpha value is -1.69. The summed E-state index contributed by atoms with van der Waals surface area (Å²) in [7, 11) is 1.69. The second-order valence-electron chi connectivity index (χ2n) is 7.88. The molecule has 1 aromatic rings. The zero-order chi connectivity index (χ0) is 17.4. The molecule has 1 aliphatic carbocycles. The first-order valence-electron chi connectivity index (χ1n) is 9.70. The number of likely N-dealkylation sites (tertiary alicyclic amines) is 1. The number of aromatic nitrogens is 2. The van der Waals surface area contributed by atoms with Crippen LogP contribution in [0.1, 0.15) is 49.8 Å². The van der Waals surface area contributed by atoms with Gasteiger partial charge in [-0.25, -0.2) is 4.68 Å². The van der Waals surface area contributed by atoms with Crippen molar-refractivity contribution in [3.63, 3.8) is 0 Å². The van der Waals surface area contributed by atoms with Crippen molar-refractivity contribution in [3.8, 4) is 0 Å². The molecule has 0 aromatic carbocycles. The molecule has 4 rings (SSSR count). The lowest BCUT2D eigenvalue weighted by atomic mass is 9.78. The molecule has 1 aromatic heterocycles. The SMILES string of the molecule is Cn1nc2c(cc1=O)CN(CC(=O)N1CCC[C@H]3CCCC[C@H]31)CC2. The van der Waals surface area contributed by atoms with Crippen molar-refractivity contribution in [2.24, 2.45) is 13.0 Å². The van der Waals surface area contributed by atoms with Gasteiger partial charge in [0, 0.05) is 45.2 Å². The van der Waals surface area contributed by atoms with Crippen LogP contribution in [0.4, 0.5) is 0 Å². The third-order valence-electron chi connectivity index (χ3n) is 6.24. The molecule has 136 valence electrons.